The molecule has 3 aromatic heterocycles. The summed E-state index contributed by atoms with van der Waals surface area (Å²) < 4.78 is 15.6. The van der Waals surface area contributed by atoms with Crippen molar-refractivity contribution in [2.75, 3.05) is 0 Å². The average molecular weight is 547 g/mol. The Balaban J connectivity index is 1.49. The van der Waals surface area contributed by atoms with E-state index in [9.17, 15) is 4.79 Å². The number of thiophene rings is 1. The molecule has 38 heavy (non-hydrogen) atoms. The third-order valence-corrected chi connectivity index (χ3v) is 8.82. The molecule has 4 heterocycles. The van der Waals surface area contributed by atoms with E-state index in [1.807, 2.05) is 57.2 Å². The van der Waals surface area contributed by atoms with E-state index in [-0.39, 0.29) is 17.3 Å². The van der Waals surface area contributed by atoms with Crippen molar-refractivity contribution in [1.29, 1.82) is 0 Å². The molecule has 0 amide bonds. The number of nitrogens with zero attached hydrogens (tertiary/aromatic N) is 4. The maximum absolute atomic E-state index is 14.1. The van der Waals surface area contributed by atoms with Crippen LogP contribution >= 0.6 is 23.1 Å². The molecule has 0 saturated carbocycles. The fourth-order valence-corrected chi connectivity index (χ4v) is 7.05. The lowest BCUT2D eigenvalue weighted by atomic mass is 9.94. The normalized spacial score (nSPS) is 14.9. The summed E-state index contributed by atoms with van der Waals surface area (Å²) in [5.41, 5.74) is 3.73. The molecule has 0 unspecified atom stereocenters. The van der Waals surface area contributed by atoms with Gasteiger partial charge in [0.25, 0.3) is 5.56 Å². The van der Waals surface area contributed by atoms with Gasteiger partial charge in [0.15, 0.2) is 5.16 Å². The molecule has 7 nitrogen and oxygen atoms in total. The first kappa shape index (κ1) is 25.2. The number of benzene rings is 2. The van der Waals surface area contributed by atoms with Gasteiger partial charge in [-0.3, -0.25) is 4.79 Å². The number of thioether (sulfide) groups is 1. The molecule has 0 N–H and O–H groups in total. The van der Waals surface area contributed by atoms with Gasteiger partial charge >= 0.3 is 0 Å². The Morgan fingerprint density at radius 2 is 1.95 bits per heavy atom. The van der Waals surface area contributed by atoms with Gasteiger partial charge in [-0.2, -0.15) is 0 Å². The molecule has 0 saturated heterocycles. The van der Waals surface area contributed by atoms with Gasteiger partial charge in [0, 0.05) is 17.1 Å². The number of fused-ring (bicyclic) bond motifs is 5. The van der Waals surface area contributed by atoms with Crippen LogP contribution in [0.3, 0.4) is 0 Å². The number of ether oxygens (including phenoxy) is 2. The van der Waals surface area contributed by atoms with Crippen LogP contribution < -0.4 is 10.3 Å². The van der Waals surface area contributed by atoms with Gasteiger partial charge in [-0.1, -0.05) is 36.0 Å². The monoisotopic (exact) mass is 546 g/mol. The predicted molar refractivity (Wildman–Crippen MR) is 153 cm³/mol. The lowest BCUT2D eigenvalue weighted by Crippen LogP contribution is -2.32. The maximum Gasteiger partial charge on any atom is 0.268 e. The van der Waals surface area contributed by atoms with Crippen LogP contribution in [0.1, 0.15) is 49.3 Å². The molecule has 6 rings (SSSR count). The van der Waals surface area contributed by atoms with E-state index in [4.69, 9.17) is 9.47 Å². The zero-order chi connectivity index (χ0) is 26.6. The molecule has 0 fully saturated rings. The molecule has 0 spiro atoms. The van der Waals surface area contributed by atoms with E-state index in [0.29, 0.717) is 18.8 Å². The van der Waals surface area contributed by atoms with Crippen molar-refractivity contribution in [3.05, 3.63) is 80.5 Å². The van der Waals surface area contributed by atoms with Crippen molar-refractivity contribution in [3.8, 4) is 11.4 Å². The van der Waals surface area contributed by atoms with E-state index < -0.39 is 0 Å². The summed E-state index contributed by atoms with van der Waals surface area (Å²) in [6.45, 7) is 10.7. The topological polar surface area (TPSA) is 70.7 Å². The number of rotatable bonds is 6. The Morgan fingerprint density at radius 3 is 2.68 bits per heavy atom. The highest BCUT2D eigenvalue weighted by Gasteiger charge is 2.32. The van der Waals surface area contributed by atoms with Crippen LogP contribution in [0.5, 0.6) is 5.75 Å². The molecule has 1 aliphatic heterocycles. The van der Waals surface area contributed by atoms with Crippen LogP contribution in [0, 0.1) is 6.92 Å². The molecule has 0 bridgehead atoms. The Morgan fingerprint density at radius 1 is 1.16 bits per heavy atom. The SMILES string of the molecule is Cc1cccc(-n2c(=O)c3c4c(sc3n3c(SCc5ccc(OC(C)C)cc5)nnc23)COC(C)(C)C4)c1. The van der Waals surface area contributed by atoms with E-state index in [2.05, 4.69) is 40.6 Å². The van der Waals surface area contributed by atoms with Crippen LogP contribution in [-0.2, 0) is 23.5 Å². The van der Waals surface area contributed by atoms with Crippen molar-refractivity contribution < 1.29 is 9.47 Å². The molecular formula is C29H30N4O3S2. The van der Waals surface area contributed by atoms with Gasteiger partial charge in [0.05, 0.1) is 29.4 Å². The molecule has 0 atom stereocenters. The second kappa shape index (κ2) is 9.55. The van der Waals surface area contributed by atoms with Gasteiger partial charge in [-0.15, -0.1) is 21.5 Å². The minimum Gasteiger partial charge on any atom is -0.491 e. The predicted octanol–water partition coefficient (Wildman–Crippen LogP) is 6.33. The van der Waals surface area contributed by atoms with Crippen molar-refractivity contribution in [1.82, 2.24) is 19.2 Å². The molecule has 196 valence electrons. The fraction of sp³-hybridized carbons (Fsp3) is 0.345. The molecular weight excluding hydrogens is 516 g/mol. The van der Waals surface area contributed by atoms with Gasteiger partial charge in [0.2, 0.25) is 5.78 Å². The fourth-order valence-electron chi connectivity index (χ4n) is 4.88. The quantitative estimate of drug-likeness (QED) is 0.232. The summed E-state index contributed by atoms with van der Waals surface area (Å²) in [7, 11) is 0. The third kappa shape index (κ3) is 4.52. The second-order valence-corrected chi connectivity index (χ2v) is 12.6. The van der Waals surface area contributed by atoms with Crippen LogP contribution in [0.25, 0.3) is 21.7 Å². The summed E-state index contributed by atoms with van der Waals surface area (Å²) >= 11 is 3.23. The van der Waals surface area contributed by atoms with Gasteiger partial charge in [0.1, 0.15) is 10.6 Å². The number of hydrogen-bond donors (Lipinski definition) is 0. The Labute approximate surface area is 229 Å². The minimum absolute atomic E-state index is 0.0574. The van der Waals surface area contributed by atoms with Crippen molar-refractivity contribution in [3.63, 3.8) is 0 Å². The maximum atomic E-state index is 14.1. The Hall–Kier alpha value is -3.14. The summed E-state index contributed by atoms with van der Waals surface area (Å²) in [5, 5.41) is 10.6. The second-order valence-electron chi connectivity index (χ2n) is 10.6. The van der Waals surface area contributed by atoms with Crippen LogP contribution in [-0.4, -0.2) is 30.9 Å². The van der Waals surface area contributed by atoms with Crippen LogP contribution in [0.4, 0.5) is 0 Å². The largest absolute Gasteiger partial charge is 0.491 e. The van der Waals surface area contributed by atoms with Gasteiger partial charge < -0.3 is 9.47 Å². The first-order chi connectivity index (χ1) is 18.2. The highest BCUT2D eigenvalue weighted by Crippen LogP contribution is 2.39. The molecule has 0 aliphatic carbocycles. The number of hydrogen-bond acceptors (Lipinski definition) is 7. The van der Waals surface area contributed by atoms with E-state index in [0.717, 1.165) is 54.1 Å². The molecule has 0 radical (unpaired) electrons. The van der Waals surface area contributed by atoms with Crippen LogP contribution in [0.15, 0.2) is 58.5 Å². The highest BCUT2D eigenvalue weighted by atomic mass is 32.2. The highest BCUT2D eigenvalue weighted by molar-refractivity contribution is 7.98. The van der Waals surface area contributed by atoms with Crippen molar-refractivity contribution in [2.24, 2.45) is 0 Å². The minimum atomic E-state index is -0.327. The number of aromatic nitrogens is 4. The summed E-state index contributed by atoms with van der Waals surface area (Å²) in [6, 6.07) is 16.1. The van der Waals surface area contributed by atoms with Crippen LogP contribution in [0.2, 0.25) is 0 Å². The van der Waals surface area contributed by atoms with Crippen molar-refractivity contribution in [2.45, 2.75) is 70.3 Å². The average Bonchev–Trinajstić information content (AvgIpc) is 3.44. The van der Waals surface area contributed by atoms with Gasteiger partial charge in [-0.25, -0.2) is 8.97 Å². The van der Waals surface area contributed by atoms with E-state index in [1.165, 1.54) is 0 Å². The number of aryl methyl sites for hydroxylation is 1. The molecule has 2 aromatic carbocycles. The first-order valence-electron chi connectivity index (χ1n) is 12.7. The summed E-state index contributed by atoms with van der Waals surface area (Å²) in [5.74, 6) is 2.10. The zero-order valence-electron chi connectivity index (χ0n) is 22.1. The standard InChI is InChI=1S/C29H30N4O3S2/c1-17(2)36-21-11-9-19(10-12-21)16-37-28-31-30-27-32(20-8-6-7-18(3)13-20)25(34)24-22-14-29(4,5)35-15-23(22)38-26(24)33(27)28/h6-13,17H,14-16H2,1-5H3. The molecule has 9 heteroatoms. The molecule has 5 aromatic rings. The lowest BCUT2D eigenvalue weighted by molar-refractivity contribution is -0.0379. The Kier molecular flexibility index (Phi) is 6.32. The lowest BCUT2D eigenvalue weighted by Gasteiger charge is -2.29. The van der Waals surface area contributed by atoms with Crippen molar-refractivity contribution >= 4 is 39.1 Å². The first-order valence-corrected chi connectivity index (χ1v) is 14.5. The van der Waals surface area contributed by atoms with E-state index in [1.54, 1.807) is 27.7 Å². The van der Waals surface area contributed by atoms with Gasteiger partial charge in [-0.05, 0) is 75.6 Å². The Bertz CT molecular complexity index is 1710. The zero-order valence-corrected chi connectivity index (χ0v) is 23.8. The summed E-state index contributed by atoms with van der Waals surface area (Å²) in [6.07, 6.45) is 0.824. The summed E-state index contributed by atoms with van der Waals surface area (Å²) in [4.78, 5) is 16.1. The third-order valence-electron chi connectivity index (χ3n) is 6.63. The smallest absolute Gasteiger partial charge is 0.268 e. The molecule has 1 aliphatic rings. The van der Waals surface area contributed by atoms with E-state index >= 15 is 0 Å².